The van der Waals surface area contributed by atoms with Crippen molar-refractivity contribution in [3.05, 3.63) is 35.4 Å². The molecule has 5 heteroatoms. The Morgan fingerprint density at radius 3 is 2.52 bits per heavy atom. The second-order valence-electron chi connectivity index (χ2n) is 6.61. The van der Waals surface area contributed by atoms with Crippen molar-refractivity contribution >= 4 is 11.8 Å². The number of benzene rings is 1. The summed E-state index contributed by atoms with van der Waals surface area (Å²) in [6, 6.07) is 7.84. The van der Waals surface area contributed by atoms with Crippen LogP contribution in [0.5, 0.6) is 0 Å². The number of carbonyl (C=O) groups is 2. The second-order valence-corrected chi connectivity index (χ2v) is 6.61. The molecule has 1 saturated heterocycles. The van der Waals surface area contributed by atoms with Gasteiger partial charge in [-0.2, -0.15) is 0 Å². The Morgan fingerprint density at radius 2 is 1.88 bits per heavy atom. The van der Waals surface area contributed by atoms with E-state index in [4.69, 9.17) is 0 Å². The number of carbonyl (C=O) groups excluding carboxylic acids is 2. The Bertz CT molecular complexity index is 553. The number of hydrogen-bond acceptors (Lipinski definition) is 3. The predicted molar refractivity (Wildman–Crippen MR) is 100 cm³/mol. The average molecular weight is 345 g/mol. The minimum atomic E-state index is -0.0423. The molecular formula is C20H31N3O2. The standard InChI is InChI=1S/C20H31N3O2/c1-3-22(4-2)16-17-9-11-18(12-10-17)20(25)21-13-7-15-23-14-6-5-8-19(23)24/h9-12H,3-8,13-16H2,1-2H3,(H,21,25). The van der Waals surface area contributed by atoms with Crippen LogP contribution in [0.3, 0.4) is 0 Å². The number of likely N-dealkylation sites (tertiary alicyclic amines) is 1. The highest BCUT2D eigenvalue weighted by Crippen LogP contribution is 2.11. The van der Waals surface area contributed by atoms with E-state index >= 15 is 0 Å². The van der Waals surface area contributed by atoms with Gasteiger partial charge in [0.15, 0.2) is 0 Å². The van der Waals surface area contributed by atoms with E-state index in [1.54, 1.807) is 0 Å². The lowest BCUT2D eigenvalue weighted by Gasteiger charge is -2.26. The van der Waals surface area contributed by atoms with Gasteiger partial charge in [-0.15, -0.1) is 0 Å². The average Bonchev–Trinajstić information content (AvgIpc) is 2.65. The number of nitrogens with zero attached hydrogens (tertiary/aromatic N) is 2. The van der Waals surface area contributed by atoms with E-state index < -0.39 is 0 Å². The number of amides is 2. The predicted octanol–water partition coefficient (Wildman–Crippen LogP) is 2.66. The topological polar surface area (TPSA) is 52.7 Å². The molecule has 0 spiro atoms. The molecule has 2 rings (SSSR count). The molecule has 0 aliphatic carbocycles. The van der Waals surface area contributed by atoms with Crippen molar-refractivity contribution in [1.29, 1.82) is 0 Å². The highest BCUT2D eigenvalue weighted by atomic mass is 16.2. The van der Waals surface area contributed by atoms with E-state index in [1.807, 2.05) is 29.2 Å². The number of rotatable bonds is 9. The van der Waals surface area contributed by atoms with Gasteiger partial charge in [-0.05, 0) is 50.0 Å². The molecule has 0 atom stereocenters. The van der Waals surface area contributed by atoms with Crippen LogP contribution in [0.25, 0.3) is 0 Å². The molecule has 5 nitrogen and oxygen atoms in total. The molecule has 0 radical (unpaired) electrons. The molecule has 0 unspecified atom stereocenters. The first-order chi connectivity index (χ1) is 12.1. The third-order valence-electron chi connectivity index (χ3n) is 4.83. The zero-order chi connectivity index (χ0) is 18.1. The van der Waals surface area contributed by atoms with E-state index in [9.17, 15) is 9.59 Å². The lowest BCUT2D eigenvalue weighted by molar-refractivity contribution is -0.133. The smallest absolute Gasteiger partial charge is 0.251 e. The molecule has 1 N–H and O–H groups in total. The van der Waals surface area contributed by atoms with Gasteiger partial charge >= 0.3 is 0 Å². The summed E-state index contributed by atoms with van der Waals surface area (Å²) in [7, 11) is 0. The fourth-order valence-corrected chi connectivity index (χ4v) is 3.14. The van der Waals surface area contributed by atoms with E-state index in [2.05, 4.69) is 24.1 Å². The molecule has 0 saturated carbocycles. The maximum Gasteiger partial charge on any atom is 0.251 e. The molecule has 1 aromatic rings. The van der Waals surface area contributed by atoms with Crippen molar-refractivity contribution in [2.75, 3.05) is 32.7 Å². The summed E-state index contributed by atoms with van der Waals surface area (Å²) in [4.78, 5) is 28.2. The Kier molecular flexibility index (Phi) is 7.92. The van der Waals surface area contributed by atoms with E-state index in [1.165, 1.54) is 5.56 Å². The Labute approximate surface area is 151 Å². The van der Waals surface area contributed by atoms with Gasteiger partial charge in [0, 0.05) is 38.2 Å². The molecule has 1 aromatic carbocycles. The third-order valence-corrected chi connectivity index (χ3v) is 4.83. The van der Waals surface area contributed by atoms with Crippen LogP contribution >= 0.6 is 0 Å². The molecule has 0 bridgehead atoms. The number of nitrogens with one attached hydrogen (secondary N) is 1. The zero-order valence-electron chi connectivity index (χ0n) is 15.6. The van der Waals surface area contributed by atoms with Crippen molar-refractivity contribution in [2.24, 2.45) is 0 Å². The molecule has 1 heterocycles. The van der Waals surface area contributed by atoms with Crippen molar-refractivity contribution < 1.29 is 9.59 Å². The van der Waals surface area contributed by atoms with Gasteiger partial charge in [0.1, 0.15) is 0 Å². The summed E-state index contributed by atoms with van der Waals surface area (Å²) in [5, 5.41) is 2.95. The van der Waals surface area contributed by atoms with Crippen LogP contribution in [-0.2, 0) is 11.3 Å². The largest absolute Gasteiger partial charge is 0.352 e. The summed E-state index contributed by atoms with van der Waals surface area (Å²) in [5.74, 6) is 0.209. The Balaban J connectivity index is 1.72. The Hall–Kier alpha value is -1.88. The summed E-state index contributed by atoms with van der Waals surface area (Å²) in [5.41, 5.74) is 1.92. The fourth-order valence-electron chi connectivity index (χ4n) is 3.14. The SMILES string of the molecule is CCN(CC)Cc1ccc(C(=O)NCCCN2CCCCC2=O)cc1. The van der Waals surface area contributed by atoms with E-state index in [-0.39, 0.29) is 11.8 Å². The van der Waals surface area contributed by atoms with Crippen LogP contribution in [0.2, 0.25) is 0 Å². The molecule has 2 amide bonds. The molecule has 1 fully saturated rings. The first-order valence-corrected chi connectivity index (χ1v) is 9.51. The minimum Gasteiger partial charge on any atom is -0.352 e. The molecule has 138 valence electrons. The summed E-state index contributed by atoms with van der Waals surface area (Å²) in [6.07, 6.45) is 3.58. The van der Waals surface area contributed by atoms with Crippen molar-refractivity contribution in [2.45, 2.75) is 46.1 Å². The quantitative estimate of drug-likeness (QED) is 0.700. The summed E-state index contributed by atoms with van der Waals surface area (Å²) in [6.45, 7) is 9.48. The summed E-state index contributed by atoms with van der Waals surface area (Å²) >= 11 is 0. The lowest BCUT2D eigenvalue weighted by atomic mass is 10.1. The van der Waals surface area contributed by atoms with Crippen LogP contribution < -0.4 is 5.32 Å². The van der Waals surface area contributed by atoms with Crippen molar-refractivity contribution in [3.8, 4) is 0 Å². The monoisotopic (exact) mass is 345 g/mol. The zero-order valence-corrected chi connectivity index (χ0v) is 15.6. The second kappa shape index (κ2) is 10.2. The van der Waals surface area contributed by atoms with E-state index in [0.717, 1.165) is 52.0 Å². The van der Waals surface area contributed by atoms with Gasteiger partial charge in [-0.3, -0.25) is 14.5 Å². The van der Waals surface area contributed by atoms with Gasteiger partial charge in [0.2, 0.25) is 5.91 Å². The van der Waals surface area contributed by atoms with Gasteiger partial charge in [-0.25, -0.2) is 0 Å². The number of hydrogen-bond donors (Lipinski definition) is 1. The van der Waals surface area contributed by atoms with E-state index in [0.29, 0.717) is 18.5 Å². The molecular weight excluding hydrogens is 314 g/mol. The maximum absolute atomic E-state index is 12.2. The van der Waals surface area contributed by atoms with Gasteiger partial charge in [-0.1, -0.05) is 26.0 Å². The number of piperidine rings is 1. The van der Waals surface area contributed by atoms with Gasteiger partial charge < -0.3 is 10.2 Å². The fraction of sp³-hybridized carbons (Fsp3) is 0.600. The van der Waals surface area contributed by atoms with Crippen LogP contribution in [-0.4, -0.2) is 54.3 Å². The minimum absolute atomic E-state index is 0.0423. The van der Waals surface area contributed by atoms with Crippen LogP contribution in [0.4, 0.5) is 0 Å². The summed E-state index contributed by atoms with van der Waals surface area (Å²) < 4.78 is 0. The molecule has 25 heavy (non-hydrogen) atoms. The Morgan fingerprint density at radius 1 is 1.16 bits per heavy atom. The highest BCUT2D eigenvalue weighted by Gasteiger charge is 2.17. The van der Waals surface area contributed by atoms with Crippen molar-refractivity contribution in [3.63, 3.8) is 0 Å². The molecule has 1 aliphatic rings. The molecule has 1 aliphatic heterocycles. The van der Waals surface area contributed by atoms with Crippen LogP contribution in [0.15, 0.2) is 24.3 Å². The normalized spacial score (nSPS) is 14.8. The van der Waals surface area contributed by atoms with Gasteiger partial charge in [0.25, 0.3) is 5.91 Å². The third kappa shape index (κ3) is 6.16. The van der Waals surface area contributed by atoms with Crippen molar-refractivity contribution in [1.82, 2.24) is 15.1 Å². The van der Waals surface area contributed by atoms with Crippen LogP contribution in [0.1, 0.15) is 55.5 Å². The maximum atomic E-state index is 12.2. The molecule has 0 aromatic heterocycles. The highest BCUT2D eigenvalue weighted by molar-refractivity contribution is 5.94. The lowest BCUT2D eigenvalue weighted by Crippen LogP contribution is -2.37. The first-order valence-electron chi connectivity index (χ1n) is 9.51. The van der Waals surface area contributed by atoms with Gasteiger partial charge in [0.05, 0.1) is 0 Å². The first kappa shape index (κ1) is 19.4. The van der Waals surface area contributed by atoms with Crippen LogP contribution in [0, 0.1) is 0 Å².